The summed E-state index contributed by atoms with van der Waals surface area (Å²) in [6.07, 6.45) is 3.46. The minimum absolute atomic E-state index is 0.884. The number of fused-ring (bicyclic) bond motifs is 1. The Hall–Kier alpha value is -0.900. The molecule has 2 aromatic rings. The van der Waals surface area contributed by atoms with Crippen molar-refractivity contribution in [3.63, 3.8) is 0 Å². The van der Waals surface area contributed by atoms with E-state index in [9.17, 15) is 0 Å². The van der Waals surface area contributed by atoms with Crippen LogP contribution in [-0.4, -0.2) is 15.2 Å². The normalized spacial score (nSPS) is 9.25. The van der Waals surface area contributed by atoms with Gasteiger partial charge in [0.25, 0.3) is 0 Å². The van der Waals surface area contributed by atoms with Gasteiger partial charge < -0.3 is 0 Å². The van der Waals surface area contributed by atoms with Crippen LogP contribution in [0.1, 0.15) is 13.8 Å². The van der Waals surface area contributed by atoms with E-state index in [1.165, 1.54) is 0 Å². The molecule has 0 aromatic carbocycles. The number of aromatic nitrogens is 3. The molecule has 4 heteroatoms. The molecule has 0 aliphatic heterocycles. The molecular weight excluding hydrogens is 218 g/mol. The second kappa shape index (κ2) is 4.21. The smallest absolute Gasteiger partial charge is 0.112 e. The summed E-state index contributed by atoms with van der Waals surface area (Å²) in [6, 6.07) is 1.91. The minimum Gasteiger partial charge on any atom is -0.270 e. The average molecular weight is 228 g/mol. The van der Waals surface area contributed by atoms with Gasteiger partial charge in [-0.05, 0) is 22.0 Å². The van der Waals surface area contributed by atoms with Crippen molar-refractivity contribution in [2.45, 2.75) is 13.8 Å². The number of rotatable bonds is 0. The summed E-state index contributed by atoms with van der Waals surface area (Å²) in [4.78, 5) is 3.92. The highest BCUT2D eigenvalue weighted by Crippen LogP contribution is 2.18. The van der Waals surface area contributed by atoms with Gasteiger partial charge in [0.1, 0.15) is 10.1 Å². The summed E-state index contributed by atoms with van der Waals surface area (Å²) in [7, 11) is 0. The highest BCUT2D eigenvalue weighted by molar-refractivity contribution is 9.10. The number of hydrogen-bond donors (Lipinski definition) is 1. The number of nitrogens with one attached hydrogen (secondary N) is 1. The van der Waals surface area contributed by atoms with Crippen molar-refractivity contribution in [2.24, 2.45) is 0 Å². The molecule has 0 saturated heterocycles. The highest BCUT2D eigenvalue weighted by atomic mass is 79.9. The van der Waals surface area contributed by atoms with Crippen molar-refractivity contribution < 1.29 is 0 Å². The highest BCUT2D eigenvalue weighted by Gasteiger charge is 1.98. The van der Waals surface area contributed by atoms with Crippen LogP contribution in [0.15, 0.2) is 23.1 Å². The van der Waals surface area contributed by atoms with Gasteiger partial charge in [0.15, 0.2) is 0 Å². The SMILES string of the molecule is Brc1[nH]nc2cnccc12.CC. The topological polar surface area (TPSA) is 41.6 Å². The molecular formula is C8H10BrN3. The Kier molecular flexibility index (Phi) is 3.22. The molecule has 2 aromatic heterocycles. The maximum Gasteiger partial charge on any atom is 0.112 e. The van der Waals surface area contributed by atoms with E-state index < -0.39 is 0 Å². The van der Waals surface area contributed by atoms with Crippen LogP contribution in [0.2, 0.25) is 0 Å². The molecule has 0 fully saturated rings. The van der Waals surface area contributed by atoms with E-state index in [2.05, 4.69) is 31.1 Å². The Balaban J connectivity index is 0.000000336. The zero-order valence-corrected chi connectivity index (χ0v) is 8.59. The first-order chi connectivity index (χ1) is 5.88. The molecule has 2 rings (SSSR count). The van der Waals surface area contributed by atoms with Crippen molar-refractivity contribution in [3.8, 4) is 0 Å². The van der Waals surface area contributed by atoms with Crippen molar-refractivity contribution in [3.05, 3.63) is 23.1 Å². The van der Waals surface area contributed by atoms with Gasteiger partial charge in [-0.25, -0.2) is 0 Å². The van der Waals surface area contributed by atoms with E-state index in [0.717, 1.165) is 15.5 Å². The fourth-order valence-corrected chi connectivity index (χ4v) is 1.25. The van der Waals surface area contributed by atoms with E-state index in [1.54, 1.807) is 12.4 Å². The van der Waals surface area contributed by atoms with Crippen molar-refractivity contribution >= 4 is 26.8 Å². The van der Waals surface area contributed by atoms with Crippen molar-refractivity contribution in [1.29, 1.82) is 0 Å². The fraction of sp³-hybridized carbons (Fsp3) is 0.250. The lowest BCUT2D eigenvalue weighted by atomic mass is 10.3. The lowest BCUT2D eigenvalue weighted by molar-refractivity contribution is 1.09. The lowest BCUT2D eigenvalue weighted by Gasteiger charge is -1.82. The Morgan fingerprint density at radius 2 is 2.17 bits per heavy atom. The summed E-state index contributed by atoms with van der Waals surface area (Å²) in [5, 5.41) is 7.85. The first-order valence-corrected chi connectivity index (χ1v) is 4.61. The predicted molar refractivity (Wildman–Crippen MR) is 52.9 cm³/mol. The summed E-state index contributed by atoms with van der Waals surface area (Å²) in [5.41, 5.74) is 0.884. The second-order valence-corrected chi connectivity index (χ2v) is 2.72. The van der Waals surface area contributed by atoms with Crippen LogP contribution in [0, 0.1) is 0 Å². The standard InChI is InChI=1S/C6H4BrN3.C2H6/c7-6-4-1-2-8-3-5(4)9-10-6;1-2/h1-3H,(H,9,10);1-2H3. The number of H-pyrrole nitrogens is 1. The summed E-state index contributed by atoms with van der Waals surface area (Å²) >= 11 is 3.32. The Morgan fingerprint density at radius 3 is 2.83 bits per heavy atom. The number of pyridine rings is 1. The molecule has 64 valence electrons. The molecule has 0 amide bonds. The summed E-state index contributed by atoms with van der Waals surface area (Å²) in [6.45, 7) is 4.00. The monoisotopic (exact) mass is 227 g/mol. The molecule has 0 radical (unpaired) electrons. The van der Waals surface area contributed by atoms with Gasteiger partial charge in [-0.1, -0.05) is 13.8 Å². The van der Waals surface area contributed by atoms with E-state index >= 15 is 0 Å². The third-order valence-electron chi connectivity index (χ3n) is 1.31. The molecule has 0 aliphatic carbocycles. The molecule has 1 N–H and O–H groups in total. The van der Waals surface area contributed by atoms with Gasteiger partial charge in [0.05, 0.1) is 6.20 Å². The maximum atomic E-state index is 3.98. The fourth-order valence-electron chi connectivity index (χ4n) is 0.830. The summed E-state index contributed by atoms with van der Waals surface area (Å²) < 4.78 is 0.907. The van der Waals surface area contributed by atoms with Crippen molar-refractivity contribution in [2.75, 3.05) is 0 Å². The molecule has 0 saturated carbocycles. The minimum atomic E-state index is 0.884. The molecule has 3 nitrogen and oxygen atoms in total. The number of hydrogen-bond acceptors (Lipinski definition) is 2. The van der Waals surface area contributed by atoms with Crippen LogP contribution in [0.3, 0.4) is 0 Å². The van der Waals surface area contributed by atoms with Crippen LogP contribution in [0.25, 0.3) is 10.9 Å². The van der Waals surface area contributed by atoms with Gasteiger partial charge in [-0.2, -0.15) is 5.10 Å². The first kappa shape index (κ1) is 9.19. The third kappa shape index (κ3) is 1.64. The molecule has 2 heterocycles. The largest absolute Gasteiger partial charge is 0.270 e. The van der Waals surface area contributed by atoms with E-state index in [-0.39, 0.29) is 0 Å². The second-order valence-electron chi connectivity index (χ2n) is 1.93. The van der Waals surface area contributed by atoms with Gasteiger partial charge in [0, 0.05) is 11.6 Å². The molecule has 0 spiro atoms. The molecule has 0 aliphatic rings. The van der Waals surface area contributed by atoms with Crippen LogP contribution < -0.4 is 0 Å². The molecule has 0 atom stereocenters. The van der Waals surface area contributed by atoms with Gasteiger partial charge >= 0.3 is 0 Å². The zero-order valence-electron chi connectivity index (χ0n) is 7.00. The van der Waals surface area contributed by atoms with Crippen LogP contribution >= 0.6 is 15.9 Å². The third-order valence-corrected chi connectivity index (χ3v) is 1.92. The quantitative estimate of drug-likeness (QED) is 0.753. The van der Waals surface area contributed by atoms with Crippen molar-refractivity contribution in [1.82, 2.24) is 15.2 Å². The molecule has 12 heavy (non-hydrogen) atoms. The maximum absolute atomic E-state index is 3.98. The van der Waals surface area contributed by atoms with E-state index in [0.29, 0.717) is 0 Å². The van der Waals surface area contributed by atoms with E-state index in [1.807, 2.05) is 19.9 Å². The lowest BCUT2D eigenvalue weighted by Crippen LogP contribution is -1.69. The molecule has 0 unspecified atom stereocenters. The Labute approximate surface area is 79.3 Å². The first-order valence-electron chi connectivity index (χ1n) is 3.81. The van der Waals surface area contributed by atoms with Crippen LogP contribution in [0.4, 0.5) is 0 Å². The van der Waals surface area contributed by atoms with Gasteiger partial charge in [-0.15, -0.1) is 0 Å². The van der Waals surface area contributed by atoms with Crippen LogP contribution in [0.5, 0.6) is 0 Å². The zero-order chi connectivity index (χ0) is 8.97. The van der Waals surface area contributed by atoms with Crippen LogP contribution in [-0.2, 0) is 0 Å². The van der Waals surface area contributed by atoms with Gasteiger partial charge in [-0.3, -0.25) is 10.1 Å². The molecule has 0 bridgehead atoms. The number of nitrogens with zero attached hydrogens (tertiary/aromatic N) is 2. The van der Waals surface area contributed by atoms with E-state index in [4.69, 9.17) is 0 Å². The Bertz CT molecular complexity index is 356. The number of aromatic amines is 1. The Morgan fingerprint density at radius 1 is 1.42 bits per heavy atom. The van der Waals surface area contributed by atoms with Gasteiger partial charge in [0.2, 0.25) is 0 Å². The predicted octanol–water partition coefficient (Wildman–Crippen LogP) is 2.75. The summed E-state index contributed by atoms with van der Waals surface area (Å²) in [5.74, 6) is 0. The average Bonchev–Trinajstić information content (AvgIpc) is 2.53. The number of halogens is 1.